The lowest BCUT2D eigenvalue weighted by atomic mass is 10.1. The van der Waals surface area contributed by atoms with Gasteiger partial charge in [-0.2, -0.15) is 0 Å². The Labute approximate surface area is 124 Å². The molecule has 20 heavy (non-hydrogen) atoms. The summed E-state index contributed by atoms with van der Waals surface area (Å²) in [5.74, 6) is 1.03. The number of anilines is 2. The SMILES string of the molecule is CCOC(=O)c1cc(N)cc(Cl)c1N(C)CC1CC1C. The van der Waals surface area contributed by atoms with E-state index in [0.717, 1.165) is 12.5 Å². The maximum Gasteiger partial charge on any atom is 0.340 e. The van der Waals surface area contributed by atoms with E-state index in [4.69, 9.17) is 22.1 Å². The number of halogens is 1. The van der Waals surface area contributed by atoms with Crippen molar-refractivity contribution in [3.8, 4) is 0 Å². The van der Waals surface area contributed by atoms with Crippen molar-refractivity contribution in [3.63, 3.8) is 0 Å². The van der Waals surface area contributed by atoms with Gasteiger partial charge in [0.05, 0.1) is 22.9 Å². The number of ether oxygens (including phenoxy) is 1. The van der Waals surface area contributed by atoms with Crippen LogP contribution in [0.2, 0.25) is 5.02 Å². The molecular formula is C15H21ClN2O2. The fourth-order valence-electron chi connectivity index (χ4n) is 2.47. The minimum atomic E-state index is -0.382. The summed E-state index contributed by atoms with van der Waals surface area (Å²) < 4.78 is 5.09. The largest absolute Gasteiger partial charge is 0.462 e. The first-order valence-corrected chi connectivity index (χ1v) is 7.29. The number of hydrogen-bond acceptors (Lipinski definition) is 4. The summed E-state index contributed by atoms with van der Waals surface area (Å²) in [7, 11) is 1.95. The number of carbonyl (C=O) groups is 1. The number of hydrogen-bond donors (Lipinski definition) is 1. The van der Waals surface area contributed by atoms with E-state index in [9.17, 15) is 4.79 Å². The summed E-state index contributed by atoms with van der Waals surface area (Å²) in [4.78, 5) is 14.1. The van der Waals surface area contributed by atoms with Gasteiger partial charge in [0.1, 0.15) is 0 Å². The monoisotopic (exact) mass is 296 g/mol. The third-order valence-electron chi connectivity index (χ3n) is 3.75. The van der Waals surface area contributed by atoms with E-state index in [1.165, 1.54) is 6.42 Å². The quantitative estimate of drug-likeness (QED) is 0.670. The van der Waals surface area contributed by atoms with Gasteiger partial charge in [0.2, 0.25) is 0 Å². The summed E-state index contributed by atoms with van der Waals surface area (Å²) >= 11 is 6.28. The van der Waals surface area contributed by atoms with Gasteiger partial charge < -0.3 is 15.4 Å². The molecule has 4 nitrogen and oxygen atoms in total. The number of benzene rings is 1. The predicted molar refractivity (Wildman–Crippen MR) is 82.4 cm³/mol. The van der Waals surface area contributed by atoms with Crippen molar-refractivity contribution >= 4 is 28.9 Å². The van der Waals surface area contributed by atoms with E-state index in [1.807, 2.05) is 11.9 Å². The van der Waals surface area contributed by atoms with E-state index < -0.39 is 0 Å². The van der Waals surface area contributed by atoms with Crippen molar-refractivity contribution in [2.45, 2.75) is 20.3 Å². The first-order chi connectivity index (χ1) is 9.43. The Kier molecular flexibility index (Phi) is 4.43. The van der Waals surface area contributed by atoms with Crippen molar-refractivity contribution in [1.82, 2.24) is 0 Å². The van der Waals surface area contributed by atoms with E-state index in [0.29, 0.717) is 34.5 Å². The highest BCUT2D eigenvalue weighted by Crippen LogP contribution is 2.40. The Morgan fingerprint density at radius 2 is 2.20 bits per heavy atom. The summed E-state index contributed by atoms with van der Waals surface area (Å²) in [6, 6.07) is 3.30. The van der Waals surface area contributed by atoms with Crippen LogP contribution in [0.5, 0.6) is 0 Å². The van der Waals surface area contributed by atoms with Crippen LogP contribution in [0.25, 0.3) is 0 Å². The van der Waals surface area contributed by atoms with Crippen LogP contribution >= 0.6 is 11.6 Å². The van der Waals surface area contributed by atoms with E-state index in [1.54, 1.807) is 19.1 Å². The van der Waals surface area contributed by atoms with Crippen molar-refractivity contribution in [3.05, 3.63) is 22.7 Å². The van der Waals surface area contributed by atoms with Crippen molar-refractivity contribution in [1.29, 1.82) is 0 Å². The number of rotatable bonds is 5. The predicted octanol–water partition coefficient (Wildman–Crippen LogP) is 3.19. The van der Waals surface area contributed by atoms with Gasteiger partial charge in [0.15, 0.2) is 0 Å². The summed E-state index contributed by atoms with van der Waals surface area (Å²) in [5, 5.41) is 0.490. The average molecular weight is 297 g/mol. The lowest BCUT2D eigenvalue weighted by Gasteiger charge is -2.23. The van der Waals surface area contributed by atoms with Crippen LogP contribution in [0.1, 0.15) is 30.6 Å². The molecule has 1 fully saturated rings. The second-order valence-corrected chi connectivity index (χ2v) is 5.88. The van der Waals surface area contributed by atoms with Crippen LogP contribution in [-0.4, -0.2) is 26.2 Å². The van der Waals surface area contributed by atoms with Crippen molar-refractivity contribution < 1.29 is 9.53 Å². The second kappa shape index (κ2) is 5.92. The Morgan fingerprint density at radius 3 is 2.75 bits per heavy atom. The number of esters is 1. The zero-order valence-corrected chi connectivity index (χ0v) is 12.9. The lowest BCUT2D eigenvalue weighted by molar-refractivity contribution is 0.0527. The first-order valence-electron chi connectivity index (χ1n) is 6.91. The number of nitrogens with two attached hydrogens (primary N) is 1. The van der Waals surface area contributed by atoms with E-state index in [2.05, 4.69) is 6.92 Å². The fourth-order valence-corrected chi connectivity index (χ4v) is 2.84. The van der Waals surface area contributed by atoms with Crippen LogP contribution in [0.3, 0.4) is 0 Å². The molecule has 1 aliphatic carbocycles. The molecule has 2 rings (SSSR count). The summed E-state index contributed by atoms with van der Waals surface area (Å²) in [6.07, 6.45) is 1.23. The van der Waals surface area contributed by atoms with E-state index in [-0.39, 0.29) is 5.97 Å². The molecule has 1 aliphatic rings. The Bertz CT molecular complexity index is 519. The smallest absolute Gasteiger partial charge is 0.340 e. The Morgan fingerprint density at radius 1 is 1.55 bits per heavy atom. The Balaban J connectivity index is 2.31. The Hall–Kier alpha value is -1.42. The molecule has 2 N–H and O–H groups in total. The minimum absolute atomic E-state index is 0.327. The van der Waals surface area contributed by atoms with Crippen LogP contribution in [-0.2, 0) is 4.74 Å². The normalized spacial score (nSPS) is 20.6. The average Bonchev–Trinajstić information content (AvgIpc) is 3.03. The zero-order valence-electron chi connectivity index (χ0n) is 12.1. The van der Waals surface area contributed by atoms with E-state index >= 15 is 0 Å². The highest BCUT2D eigenvalue weighted by Gasteiger charge is 2.34. The molecule has 0 bridgehead atoms. The van der Waals surface area contributed by atoms with Crippen molar-refractivity contribution in [2.75, 3.05) is 30.8 Å². The molecule has 0 spiro atoms. The lowest BCUT2D eigenvalue weighted by Crippen LogP contribution is -2.24. The third kappa shape index (κ3) is 3.18. The third-order valence-corrected chi connectivity index (χ3v) is 4.04. The highest BCUT2D eigenvalue weighted by molar-refractivity contribution is 6.34. The molecule has 0 heterocycles. The number of nitrogen functional groups attached to an aromatic ring is 1. The molecule has 0 saturated heterocycles. The standard InChI is InChI=1S/C15H21ClN2O2/c1-4-20-15(19)12-6-11(17)7-13(16)14(12)18(3)8-10-5-9(10)2/h6-7,9-10H,4-5,8,17H2,1-3H3. The summed E-state index contributed by atoms with van der Waals surface area (Å²) in [5.41, 5.74) is 7.40. The molecule has 1 aromatic carbocycles. The molecule has 1 aromatic rings. The maximum absolute atomic E-state index is 12.1. The topological polar surface area (TPSA) is 55.6 Å². The zero-order chi connectivity index (χ0) is 14.9. The van der Waals surface area contributed by atoms with Crippen LogP contribution in [0, 0.1) is 11.8 Å². The molecule has 1 saturated carbocycles. The molecule has 2 atom stereocenters. The van der Waals surface area contributed by atoms with Gasteiger partial charge >= 0.3 is 5.97 Å². The van der Waals surface area contributed by atoms with Gasteiger partial charge in [-0.05, 0) is 37.3 Å². The second-order valence-electron chi connectivity index (χ2n) is 5.47. The molecule has 0 aromatic heterocycles. The molecule has 5 heteroatoms. The molecule has 0 amide bonds. The van der Waals surface area contributed by atoms with Gasteiger partial charge in [0, 0.05) is 19.3 Å². The first kappa shape index (κ1) is 15.0. The molecule has 110 valence electrons. The maximum atomic E-state index is 12.1. The van der Waals surface area contributed by atoms with Gasteiger partial charge in [-0.25, -0.2) is 4.79 Å². The highest BCUT2D eigenvalue weighted by atomic mass is 35.5. The van der Waals surface area contributed by atoms with Crippen molar-refractivity contribution in [2.24, 2.45) is 11.8 Å². The molecular weight excluding hydrogens is 276 g/mol. The van der Waals surface area contributed by atoms with Gasteiger partial charge in [0.25, 0.3) is 0 Å². The van der Waals surface area contributed by atoms with Gasteiger partial charge in [-0.15, -0.1) is 0 Å². The van der Waals surface area contributed by atoms with Crippen LogP contribution in [0.15, 0.2) is 12.1 Å². The molecule has 0 aliphatic heterocycles. The fraction of sp³-hybridized carbons (Fsp3) is 0.533. The van der Waals surface area contributed by atoms with Gasteiger partial charge in [-0.1, -0.05) is 18.5 Å². The van der Waals surface area contributed by atoms with Crippen LogP contribution in [0.4, 0.5) is 11.4 Å². The number of carbonyl (C=O) groups excluding carboxylic acids is 1. The molecule has 2 unspecified atom stereocenters. The van der Waals surface area contributed by atoms with Gasteiger partial charge in [-0.3, -0.25) is 0 Å². The number of nitrogens with zero attached hydrogens (tertiary/aromatic N) is 1. The summed E-state index contributed by atoms with van der Waals surface area (Å²) in [6.45, 7) is 5.22. The molecule has 0 radical (unpaired) electrons. The minimum Gasteiger partial charge on any atom is -0.462 e. The van der Waals surface area contributed by atoms with Crippen LogP contribution < -0.4 is 10.6 Å².